The largest absolute Gasteiger partial charge is 0.497 e. The number of carboxylic acids is 1. The molecule has 2 aromatic rings. The molecule has 1 aliphatic carbocycles. The number of carboxylic acid groups (broad SMARTS) is 1. The van der Waals surface area contributed by atoms with Crippen LogP contribution in [0.1, 0.15) is 52.0 Å². The highest BCUT2D eigenvalue weighted by atomic mass is 19.4. The smallest absolute Gasteiger partial charge is 0.417 e. The predicted molar refractivity (Wildman–Crippen MR) is 123 cm³/mol. The Morgan fingerprint density at radius 1 is 0.917 bits per heavy atom. The Morgan fingerprint density at radius 2 is 1.50 bits per heavy atom. The number of nitrogens with one attached hydrogen (secondary N) is 2. The van der Waals surface area contributed by atoms with Crippen molar-refractivity contribution in [2.75, 3.05) is 20.2 Å². The van der Waals surface area contributed by atoms with E-state index < -0.39 is 35.1 Å². The van der Waals surface area contributed by atoms with E-state index in [1.54, 1.807) is 24.3 Å². The molecule has 0 bridgehead atoms. The van der Waals surface area contributed by atoms with E-state index in [0.717, 1.165) is 12.1 Å². The second kappa shape index (κ2) is 11.8. The first-order chi connectivity index (χ1) is 17.1. The van der Waals surface area contributed by atoms with Crippen molar-refractivity contribution in [3.8, 4) is 11.5 Å². The Morgan fingerprint density at radius 3 is 2.06 bits per heavy atom. The van der Waals surface area contributed by atoms with Crippen LogP contribution in [0.5, 0.6) is 11.5 Å². The number of methoxy groups -OCH3 is 1. The molecule has 0 heterocycles. The molecule has 8 nitrogen and oxygen atoms in total. The van der Waals surface area contributed by atoms with Gasteiger partial charge in [0.25, 0.3) is 11.8 Å². The maximum atomic E-state index is 13.3. The van der Waals surface area contributed by atoms with E-state index in [4.69, 9.17) is 14.6 Å². The van der Waals surface area contributed by atoms with E-state index in [1.807, 2.05) is 0 Å². The van der Waals surface area contributed by atoms with Crippen LogP contribution in [-0.4, -0.2) is 49.2 Å². The fourth-order valence-corrected chi connectivity index (χ4v) is 3.94. The molecule has 11 heteroatoms. The number of alkyl halides is 3. The number of rotatable bonds is 9. The SMILES string of the molecule is COc1ccc(C(=O)NCCNC(=O)c2ccc(O[C@H]3CC[C@@H](C(=O)O)CC3)cc2)c(C(F)(F)F)c1. The number of carbonyl (C=O) groups is 3. The number of halogens is 3. The molecular weight excluding hydrogens is 481 g/mol. The Kier molecular flexibility index (Phi) is 8.78. The highest BCUT2D eigenvalue weighted by Gasteiger charge is 2.35. The molecule has 0 unspecified atom stereocenters. The zero-order valence-corrected chi connectivity index (χ0v) is 19.6. The third kappa shape index (κ3) is 7.12. The van der Waals surface area contributed by atoms with Gasteiger partial charge < -0.3 is 25.2 Å². The lowest BCUT2D eigenvalue weighted by Gasteiger charge is -2.26. The van der Waals surface area contributed by atoms with E-state index in [0.29, 0.717) is 37.0 Å². The zero-order chi connectivity index (χ0) is 26.3. The molecule has 0 saturated heterocycles. The predicted octanol–water partition coefficient (Wildman–Crippen LogP) is 3.90. The molecular formula is C25H27F3N2O6. The van der Waals surface area contributed by atoms with Gasteiger partial charge in [-0.1, -0.05) is 0 Å². The van der Waals surface area contributed by atoms with Crippen LogP contribution in [0.2, 0.25) is 0 Å². The fourth-order valence-electron chi connectivity index (χ4n) is 3.94. The lowest BCUT2D eigenvalue weighted by Crippen LogP contribution is -2.35. The minimum Gasteiger partial charge on any atom is -0.497 e. The first kappa shape index (κ1) is 26.8. The van der Waals surface area contributed by atoms with Crippen molar-refractivity contribution >= 4 is 17.8 Å². The molecule has 1 fully saturated rings. The molecule has 0 radical (unpaired) electrons. The molecule has 0 aromatic heterocycles. The molecule has 0 spiro atoms. The van der Waals surface area contributed by atoms with Crippen molar-refractivity contribution in [2.45, 2.75) is 38.0 Å². The Bertz CT molecular complexity index is 1080. The lowest BCUT2D eigenvalue weighted by atomic mass is 9.87. The number of amides is 2. The Balaban J connectivity index is 1.45. The average Bonchev–Trinajstić information content (AvgIpc) is 2.86. The van der Waals surface area contributed by atoms with Gasteiger partial charge >= 0.3 is 12.1 Å². The van der Waals surface area contributed by atoms with Crippen LogP contribution in [0.4, 0.5) is 13.2 Å². The summed E-state index contributed by atoms with van der Waals surface area (Å²) in [6, 6.07) is 9.48. The molecule has 3 rings (SSSR count). The summed E-state index contributed by atoms with van der Waals surface area (Å²) in [5.41, 5.74) is -1.31. The minimum absolute atomic E-state index is 0.00709. The van der Waals surface area contributed by atoms with E-state index in [9.17, 15) is 27.6 Å². The molecule has 0 aliphatic heterocycles. The third-order valence-corrected chi connectivity index (χ3v) is 5.92. The zero-order valence-electron chi connectivity index (χ0n) is 19.6. The van der Waals surface area contributed by atoms with Crippen LogP contribution < -0.4 is 20.1 Å². The van der Waals surface area contributed by atoms with Crippen molar-refractivity contribution in [1.82, 2.24) is 10.6 Å². The average molecular weight is 508 g/mol. The minimum atomic E-state index is -4.73. The van der Waals surface area contributed by atoms with Gasteiger partial charge in [-0.05, 0) is 68.1 Å². The summed E-state index contributed by atoms with van der Waals surface area (Å²) in [6.45, 7) is -0.0682. The molecule has 2 aromatic carbocycles. The number of hydrogen-bond acceptors (Lipinski definition) is 5. The van der Waals surface area contributed by atoms with Crippen molar-refractivity contribution in [3.63, 3.8) is 0 Å². The summed E-state index contributed by atoms with van der Waals surface area (Å²) in [5, 5.41) is 14.0. The fraction of sp³-hybridized carbons (Fsp3) is 0.400. The maximum Gasteiger partial charge on any atom is 0.417 e. The first-order valence-electron chi connectivity index (χ1n) is 11.4. The summed E-state index contributed by atoms with van der Waals surface area (Å²) >= 11 is 0. The second-order valence-electron chi connectivity index (χ2n) is 8.38. The van der Waals surface area contributed by atoms with Crippen LogP contribution in [0, 0.1) is 5.92 Å². The van der Waals surface area contributed by atoms with Crippen LogP contribution in [-0.2, 0) is 11.0 Å². The maximum absolute atomic E-state index is 13.3. The molecule has 36 heavy (non-hydrogen) atoms. The van der Waals surface area contributed by atoms with Gasteiger partial charge in [0.15, 0.2) is 0 Å². The quantitative estimate of drug-likeness (QED) is 0.443. The number of carbonyl (C=O) groups excluding carboxylic acids is 2. The van der Waals surface area contributed by atoms with E-state index >= 15 is 0 Å². The summed E-state index contributed by atoms with van der Waals surface area (Å²) in [4.78, 5) is 35.6. The Labute approximate surface area is 205 Å². The van der Waals surface area contributed by atoms with Crippen LogP contribution in [0.3, 0.4) is 0 Å². The van der Waals surface area contributed by atoms with Gasteiger partial charge in [0, 0.05) is 18.7 Å². The van der Waals surface area contributed by atoms with E-state index in [1.165, 1.54) is 13.2 Å². The van der Waals surface area contributed by atoms with Gasteiger partial charge in [0.2, 0.25) is 0 Å². The monoisotopic (exact) mass is 508 g/mol. The van der Waals surface area contributed by atoms with Gasteiger partial charge in [-0.15, -0.1) is 0 Å². The van der Waals surface area contributed by atoms with Gasteiger partial charge in [0.05, 0.1) is 30.3 Å². The van der Waals surface area contributed by atoms with E-state index in [-0.39, 0.29) is 30.9 Å². The lowest BCUT2D eigenvalue weighted by molar-refractivity contribution is -0.143. The summed E-state index contributed by atoms with van der Waals surface area (Å²) in [5.74, 6) is -1.90. The Hall–Kier alpha value is -3.76. The van der Waals surface area contributed by atoms with Gasteiger partial charge in [-0.3, -0.25) is 14.4 Å². The summed E-state index contributed by atoms with van der Waals surface area (Å²) in [6.07, 6.45) is -2.39. The molecule has 1 aliphatic rings. The van der Waals surface area contributed by atoms with Gasteiger partial charge in [-0.25, -0.2) is 0 Å². The van der Waals surface area contributed by atoms with Crippen molar-refractivity contribution in [3.05, 3.63) is 59.2 Å². The van der Waals surface area contributed by atoms with E-state index in [2.05, 4.69) is 10.6 Å². The van der Waals surface area contributed by atoms with Crippen molar-refractivity contribution < 1.29 is 42.1 Å². The molecule has 194 valence electrons. The second-order valence-corrected chi connectivity index (χ2v) is 8.38. The van der Waals surface area contributed by atoms with Crippen LogP contribution in [0.15, 0.2) is 42.5 Å². The molecule has 1 saturated carbocycles. The highest BCUT2D eigenvalue weighted by Crippen LogP contribution is 2.34. The molecule has 2 amide bonds. The number of hydrogen-bond donors (Lipinski definition) is 3. The number of aliphatic carboxylic acids is 1. The summed E-state index contributed by atoms with van der Waals surface area (Å²) in [7, 11) is 1.23. The van der Waals surface area contributed by atoms with Gasteiger partial charge in [-0.2, -0.15) is 13.2 Å². The van der Waals surface area contributed by atoms with Gasteiger partial charge in [0.1, 0.15) is 11.5 Å². The van der Waals surface area contributed by atoms with Crippen molar-refractivity contribution in [1.29, 1.82) is 0 Å². The normalized spacial score (nSPS) is 17.7. The summed E-state index contributed by atoms with van der Waals surface area (Å²) < 4.78 is 50.5. The highest BCUT2D eigenvalue weighted by molar-refractivity contribution is 5.96. The topological polar surface area (TPSA) is 114 Å². The number of benzene rings is 2. The first-order valence-corrected chi connectivity index (χ1v) is 11.4. The number of ether oxygens (including phenoxy) is 2. The van der Waals surface area contributed by atoms with Crippen LogP contribution in [0.25, 0.3) is 0 Å². The standard InChI is InChI=1S/C25H27F3N2O6/c1-35-19-10-11-20(21(14-19)25(26,27)28)23(32)30-13-12-29-22(31)15-2-6-17(7-3-15)36-18-8-4-16(5-9-18)24(33)34/h2-3,6-7,10-11,14,16,18H,4-5,8-9,12-13H2,1H3,(H,29,31)(H,30,32)(H,33,34)/t16-,18+. The molecule has 0 atom stereocenters. The molecule has 3 N–H and O–H groups in total. The van der Waals surface area contributed by atoms with Crippen LogP contribution >= 0.6 is 0 Å². The third-order valence-electron chi connectivity index (χ3n) is 5.92. The van der Waals surface area contributed by atoms with Crippen molar-refractivity contribution in [2.24, 2.45) is 5.92 Å².